The van der Waals surface area contributed by atoms with Crippen LogP contribution in [0.3, 0.4) is 0 Å². The summed E-state index contributed by atoms with van der Waals surface area (Å²) >= 11 is 0. The highest BCUT2D eigenvalue weighted by Crippen LogP contribution is 1.97. The van der Waals surface area contributed by atoms with Crippen LogP contribution in [0.1, 0.15) is 20.8 Å². The van der Waals surface area contributed by atoms with Crippen LogP contribution >= 0.6 is 0 Å². The minimum absolute atomic E-state index is 0.220. The van der Waals surface area contributed by atoms with Gasteiger partial charge in [0.15, 0.2) is 0 Å². The van der Waals surface area contributed by atoms with E-state index in [0.29, 0.717) is 0 Å². The van der Waals surface area contributed by atoms with Crippen molar-refractivity contribution in [1.82, 2.24) is 0 Å². The molecule has 92 valence electrons. The van der Waals surface area contributed by atoms with E-state index in [4.69, 9.17) is 9.90 Å². The Kier molecular flexibility index (Phi) is 10.0. The van der Waals surface area contributed by atoms with E-state index in [-0.39, 0.29) is 18.8 Å². The topological polar surface area (TPSA) is 89.9 Å². The van der Waals surface area contributed by atoms with Gasteiger partial charge >= 0.3 is 11.9 Å². The Morgan fingerprint density at radius 1 is 1.06 bits per heavy atom. The zero-order chi connectivity index (χ0) is 13.1. The van der Waals surface area contributed by atoms with E-state index in [9.17, 15) is 9.59 Å². The van der Waals surface area contributed by atoms with Crippen LogP contribution in [0.5, 0.6) is 0 Å². The number of rotatable bonds is 4. The number of esters is 2. The largest absolute Gasteiger partial charge is 0.481 e. The van der Waals surface area contributed by atoms with Crippen molar-refractivity contribution in [2.24, 2.45) is 0 Å². The SMILES string of the molecule is C=C(C(=O)OCC)C(=O)OCC.CC(=O)O. The van der Waals surface area contributed by atoms with E-state index in [2.05, 4.69) is 16.1 Å². The summed E-state index contributed by atoms with van der Waals surface area (Å²) in [4.78, 5) is 30.7. The lowest BCUT2D eigenvalue weighted by Gasteiger charge is -2.03. The third kappa shape index (κ3) is 10.2. The maximum atomic E-state index is 10.8. The van der Waals surface area contributed by atoms with Crippen LogP contribution in [0.2, 0.25) is 0 Å². The van der Waals surface area contributed by atoms with E-state index in [1.807, 2.05) is 0 Å². The average Bonchev–Trinajstić information content (AvgIpc) is 2.16. The van der Waals surface area contributed by atoms with Crippen molar-refractivity contribution in [3.8, 4) is 0 Å². The van der Waals surface area contributed by atoms with Gasteiger partial charge in [0.1, 0.15) is 5.57 Å². The summed E-state index contributed by atoms with van der Waals surface area (Å²) in [7, 11) is 0. The summed E-state index contributed by atoms with van der Waals surface area (Å²) in [6.07, 6.45) is 0. The zero-order valence-corrected chi connectivity index (χ0v) is 9.61. The van der Waals surface area contributed by atoms with E-state index < -0.39 is 17.9 Å². The van der Waals surface area contributed by atoms with Crippen LogP contribution in [0.25, 0.3) is 0 Å². The van der Waals surface area contributed by atoms with Crippen LogP contribution in [0.4, 0.5) is 0 Å². The molecule has 0 bridgehead atoms. The molecule has 0 aromatic carbocycles. The molecule has 0 aliphatic heterocycles. The van der Waals surface area contributed by atoms with E-state index in [1.165, 1.54) is 0 Å². The van der Waals surface area contributed by atoms with Crippen LogP contribution in [-0.4, -0.2) is 36.2 Å². The minimum Gasteiger partial charge on any atom is -0.481 e. The number of hydrogen-bond donors (Lipinski definition) is 1. The summed E-state index contributed by atoms with van der Waals surface area (Å²) in [6, 6.07) is 0. The first kappa shape index (κ1) is 16.6. The van der Waals surface area contributed by atoms with Gasteiger partial charge in [-0.15, -0.1) is 0 Å². The molecule has 6 heteroatoms. The smallest absolute Gasteiger partial charge is 0.344 e. The van der Waals surface area contributed by atoms with Gasteiger partial charge in [-0.1, -0.05) is 6.58 Å². The molecule has 0 saturated heterocycles. The molecule has 0 spiro atoms. The number of carbonyl (C=O) groups is 3. The van der Waals surface area contributed by atoms with Gasteiger partial charge in [0.2, 0.25) is 0 Å². The summed E-state index contributed by atoms with van der Waals surface area (Å²) < 4.78 is 9.06. The molecule has 0 rings (SSSR count). The Morgan fingerprint density at radius 2 is 1.31 bits per heavy atom. The lowest BCUT2D eigenvalue weighted by Crippen LogP contribution is -2.17. The lowest BCUT2D eigenvalue weighted by molar-refractivity contribution is -0.146. The van der Waals surface area contributed by atoms with Gasteiger partial charge in [-0.2, -0.15) is 0 Å². The molecule has 0 fully saturated rings. The van der Waals surface area contributed by atoms with Gasteiger partial charge in [-0.25, -0.2) is 9.59 Å². The fourth-order valence-electron chi connectivity index (χ4n) is 0.520. The predicted molar refractivity (Wildman–Crippen MR) is 55.7 cm³/mol. The fraction of sp³-hybridized carbons (Fsp3) is 0.500. The number of aliphatic carboxylic acids is 1. The van der Waals surface area contributed by atoms with Crippen LogP contribution in [0, 0.1) is 0 Å². The second kappa shape index (κ2) is 9.70. The summed E-state index contributed by atoms with van der Waals surface area (Å²) in [5.41, 5.74) is -0.265. The van der Waals surface area contributed by atoms with E-state index in [0.717, 1.165) is 6.92 Å². The van der Waals surface area contributed by atoms with Crippen LogP contribution < -0.4 is 0 Å². The molecule has 0 radical (unpaired) electrons. The second-order valence-corrected chi connectivity index (χ2v) is 2.44. The maximum Gasteiger partial charge on any atom is 0.344 e. The Hall–Kier alpha value is -1.85. The molecule has 16 heavy (non-hydrogen) atoms. The number of ether oxygens (including phenoxy) is 2. The Balaban J connectivity index is 0. The van der Waals surface area contributed by atoms with Gasteiger partial charge < -0.3 is 14.6 Å². The van der Waals surface area contributed by atoms with Crippen LogP contribution in [-0.2, 0) is 23.9 Å². The van der Waals surface area contributed by atoms with Crippen molar-refractivity contribution in [3.63, 3.8) is 0 Å². The molecule has 6 nitrogen and oxygen atoms in total. The quantitative estimate of drug-likeness (QED) is 0.333. The third-order valence-corrected chi connectivity index (χ3v) is 1.04. The summed E-state index contributed by atoms with van der Waals surface area (Å²) in [5.74, 6) is -2.29. The van der Waals surface area contributed by atoms with Crippen molar-refractivity contribution in [1.29, 1.82) is 0 Å². The number of carboxylic acids is 1. The molecular weight excluding hydrogens is 216 g/mol. The highest BCUT2D eigenvalue weighted by atomic mass is 16.6. The van der Waals surface area contributed by atoms with Crippen molar-refractivity contribution < 1.29 is 29.0 Å². The number of carboxylic acid groups (broad SMARTS) is 1. The van der Waals surface area contributed by atoms with Gasteiger partial charge in [0, 0.05) is 6.92 Å². The average molecular weight is 232 g/mol. The van der Waals surface area contributed by atoms with Crippen LogP contribution in [0.15, 0.2) is 12.2 Å². The second-order valence-electron chi connectivity index (χ2n) is 2.44. The van der Waals surface area contributed by atoms with Gasteiger partial charge in [-0.05, 0) is 13.8 Å². The normalized spacial score (nSPS) is 8.19. The van der Waals surface area contributed by atoms with Crippen molar-refractivity contribution in [2.75, 3.05) is 13.2 Å². The van der Waals surface area contributed by atoms with Gasteiger partial charge in [0.25, 0.3) is 5.97 Å². The highest BCUT2D eigenvalue weighted by Gasteiger charge is 2.17. The monoisotopic (exact) mass is 232 g/mol. The first-order valence-corrected chi connectivity index (χ1v) is 4.59. The molecule has 0 amide bonds. The molecule has 0 aliphatic carbocycles. The zero-order valence-electron chi connectivity index (χ0n) is 9.61. The third-order valence-electron chi connectivity index (χ3n) is 1.04. The summed E-state index contributed by atoms with van der Waals surface area (Å²) in [5, 5.41) is 7.42. The van der Waals surface area contributed by atoms with Gasteiger partial charge in [0.05, 0.1) is 13.2 Å². The van der Waals surface area contributed by atoms with Crippen molar-refractivity contribution in [2.45, 2.75) is 20.8 Å². The van der Waals surface area contributed by atoms with Crippen molar-refractivity contribution in [3.05, 3.63) is 12.2 Å². The number of hydrogen-bond acceptors (Lipinski definition) is 5. The first-order chi connectivity index (χ1) is 7.36. The standard InChI is InChI=1S/C8H12O4.C2H4O2/c1-4-11-7(9)6(3)8(10)12-5-2;1-2(3)4/h3-5H2,1-2H3;1H3,(H,3,4). The molecule has 1 N–H and O–H groups in total. The first-order valence-electron chi connectivity index (χ1n) is 4.59. The molecule has 0 heterocycles. The molecule has 0 unspecified atom stereocenters. The molecule has 0 aromatic heterocycles. The maximum absolute atomic E-state index is 10.8. The molecule has 0 aromatic rings. The van der Waals surface area contributed by atoms with Crippen molar-refractivity contribution >= 4 is 17.9 Å². The van der Waals surface area contributed by atoms with Gasteiger partial charge in [-0.3, -0.25) is 4.79 Å². The molecule has 0 aliphatic rings. The lowest BCUT2D eigenvalue weighted by atomic mass is 10.3. The minimum atomic E-state index is -0.833. The Labute approximate surface area is 93.8 Å². The van der Waals surface area contributed by atoms with E-state index >= 15 is 0 Å². The summed E-state index contributed by atoms with van der Waals surface area (Å²) in [6.45, 7) is 8.06. The Morgan fingerprint density at radius 3 is 1.50 bits per heavy atom. The fourth-order valence-corrected chi connectivity index (χ4v) is 0.520. The number of carbonyl (C=O) groups excluding carboxylic acids is 2. The molecule has 0 atom stereocenters. The molecule has 0 saturated carbocycles. The van der Waals surface area contributed by atoms with E-state index in [1.54, 1.807) is 13.8 Å². The Bertz CT molecular complexity index is 244. The molecular formula is C10H16O6. The highest BCUT2D eigenvalue weighted by molar-refractivity contribution is 6.13. The predicted octanol–water partition coefficient (Wildman–Crippen LogP) is 0.760.